The fraction of sp³-hybridized carbons (Fsp3) is 0.429. The summed E-state index contributed by atoms with van der Waals surface area (Å²) >= 11 is 0. The Morgan fingerprint density at radius 3 is 2.53 bits per heavy atom. The van der Waals surface area contributed by atoms with Crippen molar-refractivity contribution in [2.75, 3.05) is 7.11 Å². The van der Waals surface area contributed by atoms with E-state index in [2.05, 4.69) is 6.58 Å². The summed E-state index contributed by atoms with van der Waals surface area (Å²) in [5, 5.41) is 0. The highest BCUT2D eigenvalue weighted by Crippen LogP contribution is 2.08. The molecule has 0 atom stereocenters. The van der Waals surface area contributed by atoms with E-state index in [0.29, 0.717) is 18.6 Å². The minimum absolute atomic E-state index is 0.0646. The maximum Gasteiger partial charge on any atom is 0.155 e. The first-order chi connectivity index (χ1) is 8.15. The van der Waals surface area contributed by atoms with Gasteiger partial charge in [0, 0.05) is 12.8 Å². The lowest BCUT2D eigenvalue weighted by atomic mass is 10.1. The summed E-state index contributed by atoms with van der Waals surface area (Å²) in [6, 6.07) is 0. The number of carbonyl (C=O) groups is 2. The highest BCUT2D eigenvalue weighted by atomic mass is 16.5. The zero-order valence-corrected chi connectivity index (χ0v) is 10.6. The van der Waals surface area contributed by atoms with Gasteiger partial charge in [0.05, 0.1) is 7.11 Å². The van der Waals surface area contributed by atoms with Crippen molar-refractivity contribution in [3.05, 3.63) is 36.1 Å². The number of rotatable bonds is 9. The second-order valence-electron chi connectivity index (χ2n) is 3.67. The van der Waals surface area contributed by atoms with Crippen LogP contribution in [0.15, 0.2) is 36.1 Å². The molecule has 0 aromatic carbocycles. The van der Waals surface area contributed by atoms with Crippen molar-refractivity contribution in [3.8, 4) is 0 Å². The smallest absolute Gasteiger partial charge is 0.155 e. The molecule has 94 valence electrons. The third-order valence-corrected chi connectivity index (χ3v) is 2.31. The number of hydrogen-bond acceptors (Lipinski definition) is 3. The van der Waals surface area contributed by atoms with Gasteiger partial charge in [0.15, 0.2) is 5.78 Å². The average Bonchev–Trinajstić information content (AvgIpc) is 2.33. The lowest BCUT2D eigenvalue weighted by Gasteiger charge is -2.02. The van der Waals surface area contributed by atoms with Crippen LogP contribution >= 0.6 is 0 Å². The summed E-state index contributed by atoms with van der Waals surface area (Å²) in [7, 11) is 1.57. The third-order valence-electron chi connectivity index (χ3n) is 2.31. The van der Waals surface area contributed by atoms with Crippen LogP contribution in [0.4, 0.5) is 0 Å². The van der Waals surface area contributed by atoms with Crippen LogP contribution in [0.3, 0.4) is 0 Å². The Hall–Kier alpha value is -1.64. The Morgan fingerprint density at radius 1 is 1.29 bits per heavy atom. The first-order valence-corrected chi connectivity index (χ1v) is 5.67. The van der Waals surface area contributed by atoms with Gasteiger partial charge >= 0.3 is 0 Å². The van der Waals surface area contributed by atoms with E-state index in [0.717, 1.165) is 24.7 Å². The molecule has 3 nitrogen and oxygen atoms in total. The van der Waals surface area contributed by atoms with Crippen LogP contribution in [-0.4, -0.2) is 19.2 Å². The number of carbonyl (C=O) groups excluding carboxylic acids is 2. The van der Waals surface area contributed by atoms with Crippen molar-refractivity contribution in [2.24, 2.45) is 0 Å². The van der Waals surface area contributed by atoms with E-state index in [1.54, 1.807) is 25.3 Å². The Kier molecular flexibility index (Phi) is 8.65. The maximum absolute atomic E-state index is 11.4. The van der Waals surface area contributed by atoms with E-state index in [-0.39, 0.29) is 5.78 Å². The molecule has 0 bridgehead atoms. The Bertz CT molecular complexity index is 324. The van der Waals surface area contributed by atoms with Crippen molar-refractivity contribution in [3.63, 3.8) is 0 Å². The predicted octanol–water partition coefficient (Wildman–Crippen LogP) is 2.98. The zero-order chi connectivity index (χ0) is 13.1. The maximum atomic E-state index is 11.4. The monoisotopic (exact) mass is 236 g/mol. The topological polar surface area (TPSA) is 43.4 Å². The van der Waals surface area contributed by atoms with E-state index in [1.807, 2.05) is 6.92 Å². The Labute approximate surface area is 103 Å². The molecule has 0 rings (SSSR count). The van der Waals surface area contributed by atoms with Gasteiger partial charge in [-0.15, -0.1) is 0 Å². The fourth-order valence-electron chi connectivity index (χ4n) is 1.32. The second-order valence-corrected chi connectivity index (χ2v) is 3.67. The van der Waals surface area contributed by atoms with Crippen LogP contribution in [0, 0.1) is 0 Å². The number of unbranched alkanes of at least 4 members (excludes halogenated alkanes) is 2. The van der Waals surface area contributed by atoms with Crippen molar-refractivity contribution in [1.29, 1.82) is 0 Å². The lowest BCUT2D eigenvalue weighted by Crippen LogP contribution is -1.93. The van der Waals surface area contributed by atoms with Gasteiger partial charge in [0.2, 0.25) is 0 Å². The van der Waals surface area contributed by atoms with Crippen LogP contribution in [0.1, 0.15) is 32.6 Å². The third kappa shape index (κ3) is 7.28. The molecule has 0 spiro atoms. The molecule has 0 radical (unpaired) electrons. The molecule has 0 unspecified atom stereocenters. The summed E-state index contributed by atoms with van der Waals surface area (Å²) in [6.07, 6.45) is 8.28. The summed E-state index contributed by atoms with van der Waals surface area (Å²) in [6.45, 7) is 5.47. The zero-order valence-electron chi connectivity index (χ0n) is 10.6. The van der Waals surface area contributed by atoms with E-state index < -0.39 is 0 Å². The van der Waals surface area contributed by atoms with Gasteiger partial charge in [0.1, 0.15) is 12.0 Å². The Balaban J connectivity index is 4.14. The van der Waals surface area contributed by atoms with Crippen LogP contribution in [-0.2, 0) is 14.3 Å². The molecule has 17 heavy (non-hydrogen) atoms. The van der Waals surface area contributed by atoms with Crippen LogP contribution in [0.5, 0.6) is 0 Å². The van der Waals surface area contributed by atoms with E-state index in [1.165, 1.54) is 0 Å². The van der Waals surface area contributed by atoms with E-state index >= 15 is 0 Å². The minimum Gasteiger partial charge on any atom is -0.497 e. The molecule has 0 N–H and O–H groups in total. The van der Waals surface area contributed by atoms with Crippen molar-refractivity contribution < 1.29 is 14.3 Å². The van der Waals surface area contributed by atoms with Gasteiger partial charge in [-0.1, -0.05) is 12.7 Å². The lowest BCUT2D eigenvalue weighted by molar-refractivity contribution is -0.115. The molecule has 0 aliphatic rings. The standard InChI is InChI=1S/C14H20O3/c1-4-14(17-3)12(2)9-10-13(16)8-6-5-7-11-15/h4,9-11H,1,5-8H2,2-3H3/b10-9+,14-12+. The first-order valence-electron chi connectivity index (χ1n) is 5.67. The molecule has 0 heterocycles. The van der Waals surface area contributed by atoms with Gasteiger partial charge in [-0.05, 0) is 37.5 Å². The van der Waals surface area contributed by atoms with E-state index in [4.69, 9.17) is 4.74 Å². The van der Waals surface area contributed by atoms with Crippen LogP contribution < -0.4 is 0 Å². The van der Waals surface area contributed by atoms with Crippen molar-refractivity contribution in [2.45, 2.75) is 32.6 Å². The molecule has 3 heteroatoms. The van der Waals surface area contributed by atoms with Crippen LogP contribution in [0.2, 0.25) is 0 Å². The van der Waals surface area contributed by atoms with Crippen molar-refractivity contribution in [1.82, 2.24) is 0 Å². The highest BCUT2D eigenvalue weighted by molar-refractivity contribution is 5.90. The molecular formula is C14H20O3. The Morgan fingerprint density at radius 2 is 2.00 bits per heavy atom. The molecule has 0 aromatic rings. The summed E-state index contributed by atoms with van der Waals surface area (Å²) in [5.74, 6) is 0.727. The predicted molar refractivity (Wildman–Crippen MR) is 68.6 cm³/mol. The quantitative estimate of drug-likeness (QED) is 0.203. The number of hydrogen-bond donors (Lipinski definition) is 0. The minimum atomic E-state index is 0.0646. The number of ketones is 1. The molecular weight excluding hydrogens is 216 g/mol. The van der Waals surface area contributed by atoms with Gasteiger partial charge in [0.25, 0.3) is 0 Å². The summed E-state index contributed by atoms with van der Waals surface area (Å²) < 4.78 is 5.07. The highest BCUT2D eigenvalue weighted by Gasteiger charge is 1.98. The van der Waals surface area contributed by atoms with Crippen molar-refractivity contribution >= 4 is 12.1 Å². The van der Waals surface area contributed by atoms with Gasteiger partial charge in [-0.2, -0.15) is 0 Å². The van der Waals surface area contributed by atoms with Gasteiger partial charge in [-0.25, -0.2) is 0 Å². The molecule has 0 saturated carbocycles. The number of allylic oxidation sites excluding steroid dienone is 4. The van der Waals surface area contributed by atoms with Gasteiger partial charge in [-0.3, -0.25) is 4.79 Å². The van der Waals surface area contributed by atoms with Gasteiger partial charge < -0.3 is 9.53 Å². The SMILES string of the molecule is C=C/C(OC)=C(C)\C=C\C(=O)CCCCC=O. The number of aldehydes is 1. The average molecular weight is 236 g/mol. The second kappa shape index (κ2) is 9.58. The molecule has 0 aromatic heterocycles. The summed E-state index contributed by atoms with van der Waals surface area (Å²) in [4.78, 5) is 21.5. The summed E-state index contributed by atoms with van der Waals surface area (Å²) in [5.41, 5.74) is 0.865. The largest absolute Gasteiger partial charge is 0.497 e. The molecule has 0 aliphatic heterocycles. The normalized spacial score (nSPS) is 12.1. The van der Waals surface area contributed by atoms with Crippen LogP contribution in [0.25, 0.3) is 0 Å². The number of ether oxygens (including phenoxy) is 1. The molecule has 0 aliphatic carbocycles. The fourth-order valence-corrected chi connectivity index (χ4v) is 1.32. The van der Waals surface area contributed by atoms with E-state index in [9.17, 15) is 9.59 Å². The molecule has 0 amide bonds. The first kappa shape index (κ1) is 15.4. The number of methoxy groups -OCH3 is 1. The molecule has 0 saturated heterocycles. The molecule has 0 fully saturated rings.